The molecule has 9 heteroatoms. The van der Waals surface area contributed by atoms with Gasteiger partial charge in [0, 0.05) is 24.8 Å². The monoisotopic (exact) mass is 475 g/mol. The molecule has 4 rings (SSSR count). The summed E-state index contributed by atoms with van der Waals surface area (Å²) in [6.07, 6.45) is 3.64. The fourth-order valence-electron chi connectivity index (χ4n) is 4.68. The third-order valence-corrected chi connectivity index (χ3v) is 6.68. The number of carbonyl (C=O) groups excluding carboxylic acids is 2. The molecule has 2 aromatic rings. The number of carbonyl (C=O) groups is 2. The van der Waals surface area contributed by atoms with E-state index in [1.54, 1.807) is 10.7 Å². The number of ether oxygens (including phenoxy) is 3. The number of halogens is 1. The number of nitrogens with one attached hydrogen (secondary N) is 1. The fourth-order valence-corrected chi connectivity index (χ4v) is 4.90. The van der Waals surface area contributed by atoms with Crippen LogP contribution >= 0.6 is 11.6 Å². The highest BCUT2D eigenvalue weighted by molar-refractivity contribution is 6.31. The van der Waals surface area contributed by atoms with Crippen molar-refractivity contribution >= 4 is 23.5 Å². The Bertz CT molecular complexity index is 1060. The van der Waals surface area contributed by atoms with E-state index in [-0.39, 0.29) is 16.9 Å². The second-order valence-corrected chi connectivity index (χ2v) is 9.08. The van der Waals surface area contributed by atoms with Crippen molar-refractivity contribution in [2.75, 3.05) is 33.5 Å². The number of amides is 1. The number of methoxy groups -OCH3 is 1. The number of nitrogens with zero attached hydrogens (tertiary/aromatic N) is 2. The smallest absolute Gasteiger partial charge is 0.342 e. The topological polar surface area (TPSA) is 91.7 Å². The molecule has 0 bridgehead atoms. The van der Waals surface area contributed by atoms with Crippen molar-refractivity contribution in [2.45, 2.75) is 46.0 Å². The molecule has 0 atom stereocenters. The van der Waals surface area contributed by atoms with Crippen LogP contribution in [0.2, 0.25) is 5.02 Å². The van der Waals surface area contributed by atoms with Gasteiger partial charge in [0.2, 0.25) is 0 Å². The maximum Gasteiger partial charge on any atom is 0.342 e. The summed E-state index contributed by atoms with van der Waals surface area (Å²) in [5.74, 6) is -0.316. The number of hydrogen-bond donors (Lipinski definition) is 1. The standard InChI is InChI=1S/C24H30ClN3O5/c1-4-8-33-23(30)16-11-15(25)12-18(21(16)31-3)28-19-13-24(6-9-32-10-7-24)14-26-22(29)20(19)17(5-2)27-28/h11-12H,4-10,13-14H2,1-3H3,(H,26,29). The summed E-state index contributed by atoms with van der Waals surface area (Å²) in [4.78, 5) is 25.9. The Balaban J connectivity index is 1.89. The van der Waals surface area contributed by atoms with E-state index in [2.05, 4.69) is 5.32 Å². The minimum atomic E-state index is -0.509. The van der Waals surface area contributed by atoms with Crippen LogP contribution in [0, 0.1) is 5.41 Å². The van der Waals surface area contributed by atoms with Crippen LogP contribution in [0.3, 0.4) is 0 Å². The van der Waals surface area contributed by atoms with Crippen LogP contribution in [0.1, 0.15) is 65.2 Å². The Morgan fingerprint density at radius 2 is 2.06 bits per heavy atom. The quantitative estimate of drug-likeness (QED) is 0.640. The van der Waals surface area contributed by atoms with Gasteiger partial charge in [0.25, 0.3) is 5.91 Å². The van der Waals surface area contributed by atoms with Gasteiger partial charge in [-0.15, -0.1) is 0 Å². The largest absolute Gasteiger partial charge is 0.494 e. The van der Waals surface area contributed by atoms with E-state index in [1.165, 1.54) is 13.2 Å². The molecule has 33 heavy (non-hydrogen) atoms. The lowest BCUT2D eigenvalue weighted by molar-refractivity contribution is 0.0154. The molecule has 1 saturated heterocycles. The number of aromatic nitrogens is 2. The van der Waals surface area contributed by atoms with Gasteiger partial charge in [-0.2, -0.15) is 5.10 Å². The number of hydrogen-bond acceptors (Lipinski definition) is 6. The summed E-state index contributed by atoms with van der Waals surface area (Å²) in [7, 11) is 1.50. The van der Waals surface area contributed by atoms with Gasteiger partial charge in [-0.05, 0) is 49.7 Å². The Morgan fingerprint density at radius 3 is 2.73 bits per heavy atom. The molecule has 2 aliphatic rings. The van der Waals surface area contributed by atoms with Crippen LogP contribution in [0.15, 0.2) is 12.1 Å². The molecule has 3 heterocycles. The second-order valence-electron chi connectivity index (χ2n) is 8.65. The predicted octanol–water partition coefficient (Wildman–Crippen LogP) is 3.75. The summed E-state index contributed by atoms with van der Waals surface area (Å²) >= 11 is 6.43. The summed E-state index contributed by atoms with van der Waals surface area (Å²) < 4.78 is 18.4. The first kappa shape index (κ1) is 23.6. The van der Waals surface area contributed by atoms with Crippen molar-refractivity contribution in [3.63, 3.8) is 0 Å². The zero-order valence-corrected chi connectivity index (χ0v) is 20.1. The molecular weight excluding hydrogens is 446 g/mol. The van der Waals surface area contributed by atoms with Crippen LogP contribution in [-0.2, 0) is 22.3 Å². The predicted molar refractivity (Wildman–Crippen MR) is 124 cm³/mol. The summed E-state index contributed by atoms with van der Waals surface area (Å²) in [6, 6.07) is 3.25. The Labute approximate surface area is 198 Å². The SMILES string of the molecule is CCCOC(=O)c1cc(Cl)cc(-n2nc(CC)c3c2CC2(CCOCC2)CNC3=O)c1OC. The summed E-state index contributed by atoms with van der Waals surface area (Å²) in [5.41, 5.74) is 2.73. The van der Waals surface area contributed by atoms with E-state index < -0.39 is 5.97 Å². The first-order valence-electron chi connectivity index (χ1n) is 11.4. The Kier molecular flexibility index (Phi) is 6.95. The molecule has 1 amide bonds. The molecule has 1 aromatic carbocycles. The molecule has 0 unspecified atom stereocenters. The second kappa shape index (κ2) is 9.73. The molecule has 2 aliphatic heterocycles. The highest BCUT2D eigenvalue weighted by atomic mass is 35.5. The number of benzene rings is 1. The van der Waals surface area contributed by atoms with Gasteiger partial charge in [0.05, 0.1) is 30.7 Å². The molecule has 0 saturated carbocycles. The molecule has 178 valence electrons. The van der Waals surface area contributed by atoms with Gasteiger partial charge in [-0.25, -0.2) is 9.48 Å². The molecule has 8 nitrogen and oxygen atoms in total. The number of esters is 1. The summed E-state index contributed by atoms with van der Waals surface area (Å²) in [5, 5.41) is 8.27. The zero-order chi connectivity index (χ0) is 23.6. The lowest BCUT2D eigenvalue weighted by Crippen LogP contribution is -2.40. The van der Waals surface area contributed by atoms with Gasteiger partial charge >= 0.3 is 5.97 Å². The van der Waals surface area contributed by atoms with Crippen LogP contribution in [0.5, 0.6) is 5.75 Å². The van der Waals surface area contributed by atoms with Crippen molar-refractivity contribution in [3.05, 3.63) is 39.7 Å². The van der Waals surface area contributed by atoms with E-state index >= 15 is 0 Å². The van der Waals surface area contributed by atoms with Crippen molar-refractivity contribution in [3.8, 4) is 11.4 Å². The number of rotatable bonds is 6. The molecule has 1 N–H and O–H groups in total. The average molecular weight is 476 g/mol. The number of aryl methyl sites for hydroxylation is 1. The molecule has 1 spiro atoms. The maximum absolute atomic E-state index is 13.1. The third kappa shape index (κ3) is 4.46. The van der Waals surface area contributed by atoms with Gasteiger partial charge in [-0.1, -0.05) is 25.4 Å². The first-order valence-corrected chi connectivity index (χ1v) is 11.8. The lowest BCUT2D eigenvalue weighted by atomic mass is 9.76. The highest BCUT2D eigenvalue weighted by Crippen LogP contribution is 2.40. The van der Waals surface area contributed by atoms with E-state index in [1.807, 2.05) is 13.8 Å². The van der Waals surface area contributed by atoms with Gasteiger partial charge in [0.15, 0.2) is 5.75 Å². The Morgan fingerprint density at radius 1 is 1.30 bits per heavy atom. The van der Waals surface area contributed by atoms with Crippen molar-refractivity contribution in [1.82, 2.24) is 15.1 Å². The van der Waals surface area contributed by atoms with Gasteiger partial charge < -0.3 is 19.5 Å². The third-order valence-electron chi connectivity index (χ3n) is 6.46. The lowest BCUT2D eigenvalue weighted by Gasteiger charge is -2.36. The van der Waals surface area contributed by atoms with Crippen molar-refractivity contribution < 1.29 is 23.8 Å². The minimum Gasteiger partial charge on any atom is -0.494 e. The normalized spacial score (nSPS) is 17.3. The van der Waals surface area contributed by atoms with Crippen LogP contribution in [0.4, 0.5) is 0 Å². The molecular formula is C24H30ClN3O5. The van der Waals surface area contributed by atoms with Crippen LogP contribution in [-0.4, -0.2) is 55.1 Å². The number of fused-ring (bicyclic) bond motifs is 1. The first-order chi connectivity index (χ1) is 15.9. The maximum atomic E-state index is 13.1. The molecule has 0 aliphatic carbocycles. The van der Waals surface area contributed by atoms with Crippen molar-refractivity contribution in [2.24, 2.45) is 5.41 Å². The minimum absolute atomic E-state index is 0.114. The van der Waals surface area contributed by atoms with E-state index in [9.17, 15) is 9.59 Å². The van der Waals surface area contributed by atoms with Crippen molar-refractivity contribution in [1.29, 1.82) is 0 Å². The van der Waals surface area contributed by atoms with E-state index in [4.69, 9.17) is 30.9 Å². The van der Waals surface area contributed by atoms with E-state index in [0.29, 0.717) is 73.3 Å². The van der Waals surface area contributed by atoms with Gasteiger partial charge in [0.1, 0.15) is 11.3 Å². The molecule has 1 fully saturated rings. The molecule has 0 radical (unpaired) electrons. The van der Waals surface area contributed by atoms with Crippen LogP contribution < -0.4 is 10.1 Å². The fraction of sp³-hybridized carbons (Fsp3) is 0.542. The van der Waals surface area contributed by atoms with Gasteiger partial charge in [-0.3, -0.25) is 4.79 Å². The Hall–Kier alpha value is -2.58. The van der Waals surface area contributed by atoms with Crippen LogP contribution in [0.25, 0.3) is 5.69 Å². The zero-order valence-electron chi connectivity index (χ0n) is 19.3. The molecule has 1 aromatic heterocycles. The highest BCUT2D eigenvalue weighted by Gasteiger charge is 2.40. The average Bonchev–Trinajstić information content (AvgIpc) is 3.12. The summed E-state index contributed by atoms with van der Waals surface area (Å²) in [6.45, 7) is 6.11. The van der Waals surface area contributed by atoms with E-state index in [0.717, 1.165) is 18.5 Å².